The minimum Gasteiger partial charge on any atom is -0.491 e. The highest BCUT2D eigenvalue weighted by molar-refractivity contribution is 5.79. The number of hydrogen-bond donors (Lipinski definition) is 2. The summed E-state index contributed by atoms with van der Waals surface area (Å²) in [6.45, 7) is 8.44. The van der Waals surface area contributed by atoms with E-state index in [-0.39, 0.29) is 6.10 Å². The summed E-state index contributed by atoms with van der Waals surface area (Å²) < 4.78 is 10.7. The van der Waals surface area contributed by atoms with Crippen molar-refractivity contribution < 1.29 is 9.47 Å². The van der Waals surface area contributed by atoms with Gasteiger partial charge in [-0.2, -0.15) is 0 Å². The maximum absolute atomic E-state index is 5.66. The van der Waals surface area contributed by atoms with Crippen molar-refractivity contribution in [1.82, 2.24) is 15.5 Å². The summed E-state index contributed by atoms with van der Waals surface area (Å²) in [5.74, 6) is 1.71. The Morgan fingerprint density at radius 1 is 1.16 bits per heavy atom. The third-order valence-electron chi connectivity index (χ3n) is 3.65. The predicted molar refractivity (Wildman–Crippen MR) is 104 cm³/mol. The molecule has 1 aromatic rings. The van der Waals surface area contributed by atoms with Crippen LogP contribution in [0.15, 0.2) is 29.3 Å². The van der Waals surface area contributed by atoms with E-state index in [0.717, 1.165) is 50.9 Å². The molecule has 0 saturated heterocycles. The number of benzene rings is 1. The number of hydrogen-bond acceptors (Lipinski definition) is 4. The number of aliphatic imine (C=N–C) groups is 1. The van der Waals surface area contributed by atoms with Gasteiger partial charge in [-0.3, -0.25) is 4.99 Å². The van der Waals surface area contributed by atoms with Crippen LogP contribution in [0.4, 0.5) is 0 Å². The minimum absolute atomic E-state index is 0.194. The SMILES string of the molecule is CN=C(NCCN(C)CCCOC)NCc1ccc(OC(C)C)cc1. The molecular weight excluding hydrogens is 316 g/mol. The topological polar surface area (TPSA) is 58.1 Å². The number of nitrogens with one attached hydrogen (secondary N) is 2. The highest BCUT2D eigenvalue weighted by atomic mass is 16.5. The van der Waals surface area contributed by atoms with Gasteiger partial charge in [0.05, 0.1) is 6.10 Å². The van der Waals surface area contributed by atoms with Crippen molar-refractivity contribution in [1.29, 1.82) is 0 Å². The molecule has 0 spiro atoms. The second-order valence-electron chi connectivity index (χ2n) is 6.31. The fraction of sp³-hybridized carbons (Fsp3) is 0.632. The summed E-state index contributed by atoms with van der Waals surface area (Å²) in [6, 6.07) is 8.15. The van der Waals surface area contributed by atoms with Gasteiger partial charge < -0.3 is 25.0 Å². The van der Waals surface area contributed by atoms with Crippen molar-refractivity contribution >= 4 is 5.96 Å². The van der Waals surface area contributed by atoms with E-state index < -0.39 is 0 Å². The zero-order valence-corrected chi connectivity index (χ0v) is 16.3. The van der Waals surface area contributed by atoms with E-state index in [1.165, 1.54) is 5.56 Å². The van der Waals surface area contributed by atoms with Crippen LogP contribution in [0.25, 0.3) is 0 Å². The first kappa shape index (κ1) is 21.3. The first-order chi connectivity index (χ1) is 12.0. The second kappa shape index (κ2) is 12.6. The van der Waals surface area contributed by atoms with Crippen LogP contribution < -0.4 is 15.4 Å². The van der Waals surface area contributed by atoms with E-state index in [2.05, 4.69) is 39.7 Å². The highest BCUT2D eigenvalue weighted by Gasteiger charge is 2.02. The van der Waals surface area contributed by atoms with Crippen molar-refractivity contribution in [2.75, 3.05) is 47.4 Å². The van der Waals surface area contributed by atoms with Gasteiger partial charge in [0.1, 0.15) is 5.75 Å². The lowest BCUT2D eigenvalue weighted by molar-refractivity contribution is 0.180. The van der Waals surface area contributed by atoms with Gasteiger partial charge in [0.25, 0.3) is 0 Å². The molecule has 142 valence electrons. The van der Waals surface area contributed by atoms with Gasteiger partial charge in [0.2, 0.25) is 0 Å². The van der Waals surface area contributed by atoms with Gasteiger partial charge in [-0.25, -0.2) is 0 Å². The lowest BCUT2D eigenvalue weighted by atomic mass is 10.2. The molecule has 0 heterocycles. The Bertz CT molecular complexity index is 489. The number of methoxy groups -OCH3 is 1. The smallest absolute Gasteiger partial charge is 0.191 e. The number of likely N-dealkylation sites (N-methyl/N-ethyl adjacent to an activating group) is 1. The molecule has 6 nitrogen and oxygen atoms in total. The Kier molecular flexibility index (Phi) is 10.7. The highest BCUT2D eigenvalue weighted by Crippen LogP contribution is 2.13. The lowest BCUT2D eigenvalue weighted by Crippen LogP contribution is -2.40. The van der Waals surface area contributed by atoms with E-state index in [1.54, 1.807) is 14.2 Å². The number of rotatable bonds is 11. The molecule has 0 aromatic heterocycles. The van der Waals surface area contributed by atoms with Gasteiger partial charge in [-0.05, 0) is 45.0 Å². The fourth-order valence-electron chi connectivity index (χ4n) is 2.32. The lowest BCUT2D eigenvalue weighted by Gasteiger charge is -2.18. The molecule has 0 aliphatic rings. The number of nitrogens with zero attached hydrogens (tertiary/aromatic N) is 2. The summed E-state index contributed by atoms with van der Waals surface area (Å²) in [4.78, 5) is 6.55. The largest absolute Gasteiger partial charge is 0.491 e. The van der Waals surface area contributed by atoms with E-state index in [4.69, 9.17) is 9.47 Å². The zero-order valence-electron chi connectivity index (χ0n) is 16.3. The van der Waals surface area contributed by atoms with Gasteiger partial charge in [-0.1, -0.05) is 12.1 Å². The maximum Gasteiger partial charge on any atom is 0.191 e. The molecule has 6 heteroatoms. The molecule has 0 bridgehead atoms. The van der Waals surface area contributed by atoms with Crippen LogP contribution in [-0.4, -0.2) is 64.4 Å². The summed E-state index contributed by atoms with van der Waals surface area (Å²) in [6.07, 6.45) is 1.25. The van der Waals surface area contributed by atoms with E-state index >= 15 is 0 Å². The molecule has 0 amide bonds. The Hall–Kier alpha value is -1.79. The Balaban J connectivity index is 2.27. The van der Waals surface area contributed by atoms with Crippen molar-refractivity contribution in [3.63, 3.8) is 0 Å². The van der Waals surface area contributed by atoms with Crippen LogP contribution in [0.3, 0.4) is 0 Å². The maximum atomic E-state index is 5.66. The summed E-state index contributed by atoms with van der Waals surface area (Å²) >= 11 is 0. The number of ether oxygens (including phenoxy) is 2. The molecule has 25 heavy (non-hydrogen) atoms. The van der Waals surface area contributed by atoms with Crippen LogP contribution in [0.1, 0.15) is 25.8 Å². The normalized spacial score (nSPS) is 11.9. The first-order valence-electron chi connectivity index (χ1n) is 8.92. The van der Waals surface area contributed by atoms with E-state index in [9.17, 15) is 0 Å². The van der Waals surface area contributed by atoms with Crippen molar-refractivity contribution in [3.8, 4) is 5.75 Å². The Morgan fingerprint density at radius 2 is 1.88 bits per heavy atom. The molecule has 1 rings (SSSR count). The summed E-state index contributed by atoms with van der Waals surface area (Å²) in [5, 5.41) is 6.67. The number of guanidine groups is 1. The molecule has 0 saturated carbocycles. The molecule has 0 atom stereocenters. The van der Waals surface area contributed by atoms with Gasteiger partial charge in [0, 0.05) is 46.9 Å². The average Bonchev–Trinajstić information content (AvgIpc) is 2.59. The summed E-state index contributed by atoms with van der Waals surface area (Å²) in [7, 11) is 5.65. The first-order valence-corrected chi connectivity index (χ1v) is 8.92. The van der Waals surface area contributed by atoms with Gasteiger partial charge in [-0.15, -0.1) is 0 Å². The van der Waals surface area contributed by atoms with Crippen LogP contribution in [0, 0.1) is 0 Å². The van der Waals surface area contributed by atoms with E-state index in [1.807, 2.05) is 26.0 Å². The Labute approximate surface area is 152 Å². The zero-order chi connectivity index (χ0) is 18.5. The quantitative estimate of drug-likeness (QED) is 0.364. The monoisotopic (exact) mass is 350 g/mol. The standard InChI is InChI=1S/C19H34N4O2/c1-16(2)25-18-9-7-17(8-10-18)15-22-19(20-3)21-11-13-23(4)12-6-14-24-5/h7-10,16H,6,11-15H2,1-5H3,(H2,20,21,22). The van der Waals surface area contributed by atoms with Crippen LogP contribution >= 0.6 is 0 Å². The third-order valence-corrected chi connectivity index (χ3v) is 3.65. The van der Waals surface area contributed by atoms with Crippen LogP contribution in [0.5, 0.6) is 5.75 Å². The minimum atomic E-state index is 0.194. The molecule has 2 N–H and O–H groups in total. The molecule has 0 fully saturated rings. The van der Waals surface area contributed by atoms with Crippen molar-refractivity contribution in [2.45, 2.75) is 32.9 Å². The molecule has 0 aliphatic heterocycles. The molecule has 0 unspecified atom stereocenters. The van der Waals surface area contributed by atoms with Crippen molar-refractivity contribution in [2.24, 2.45) is 4.99 Å². The third kappa shape index (κ3) is 9.94. The van der Waals surface area contributed by atoms with Crippen LogP contribution in [-0.2, 0) is 11.3 Å². The van der Waals surface area contributed by atoms with Gasteiger partial charge >= 0.3 is 0 Å². The molecule has 0 aliphatic carbocycles. The predicted octanol–water partition coefficient (Wildman–Crippen LogP) is 2.11. The Morgan fingerprint density at radius 3 is 2.48 bits per heavy atom. The second-order valence-corrected chi connectivity index (χ2v) is 6.31. The average molecular weight is 351 g/mol. The molecule has 1 aromatic carbocycles. The van der Waals surface area contributed by atoms with Crippen molar-refractivity contribution in [3.05, 3.63) is 29.8 Å². The van der Waals surface area contributed by atoms with E-state index in [0.29, 0.717) is 0 Å². The molecular formula is C19H34N4O2. The van der Waals surface area contributed by atoms with Gasteiger partial charge in [0.15, 0.2) is 5.96 Å². The van der Waals surface area contributed by atoms with Crippen LogP contribution in [0.2, 0.25) is 0 Å². The molecule has 0 radical (unpaired) electrons. The summed E-state index contributed by atoms with van der Waals surface area (Å²) in [5.41, 5.74) is 1.19. The fourth-order valence-corrected chi connectivity index (χ4v) is 2.32.